The molecule has 1 atom stereocenters. The van der Waals surface area contributed by atoms with Crippen LogP contribution >= 0.6 is 0 Å². The standard InChI is InChI=1S/C15H21F3N2O2/c1-4-14(3,8-9-21)20-13(22)19-12-7-5-6-11(10(12)2)15(16,17)18/h5-7,21H,4,8-9H2,1-3H3,(H2,19,20,22). The maximum Gasteiger partial charge on any atom is 0.416 e. The Hall–Kier alpha value is -1.76. The zero-order chi connectivity index (χ0) is 17.0. The van der Waals surface area contributed by atoms with Crippen LogP contribution in [-0.2, 0) is 6.18 Å². The van der Waals surface area contributed by atoms with Crippen LogP contribution in [0.15, 0.2) is 18.2 Å². The van der Waals surface area contributed by atoms with E-state index < -0.39 is 23.3 Å². The first-order chi connectivity index (χ1) is 10.1. The Morgan fingerprint density at radius 3 is 2.45 bits per heavy atom. The van der Waals surface area contributed by atoms with Gasteiger partial charge in [0.05, 0.1) is 5.56 Å². The third-order valence-corrected chi connectivity index (χ3v) is 3.75. The number of benzene rings is 1. The number of nitrogens with one attached hydrogen (secondary N) is 2. The second-order valence-electron chi connectivity index (χ2n) is 5.44. The first-order valence-corrected chi connectivity index (χ1v) is 7.00. The van der Waals surface area contributed by atoms with Crippen molar-refractivity contribution in [3.8, 4) is 0 Å². The number of carbonyl (C=O) groups is 1. The van der Waals surface area contributed by atoms with Crippen LogP contribution in [0.1, 0.15) is 37.8 Å². The molecule has 2 amide bonds. The highest BCUT2D eigenvalue weighted by Gasteiger charge is 2.33. The van der Waals surface area contributed by atoms with Gasteiger partial charge < -0.3 is 15.7 Å². The van der Waals surface area contributed by atoms with E-state index in [1.165, 1.54) is 19.1 Å². The minimum Gasteiger partial charge on any atom is -0.396 e. The summed E-state index contributed by atoms with van der Waals surface area (Å²) in [5.74, 6) is 0. The molecule has 0 saturated carbocycles. The van der Waals surface area contributed by atoms with E-state index in [0.717, 1.165) is 6.07 Å². The molecule has 7 heteroatoms. The summed E-state index contributed by atoms with van der Waals surface area (Å²) in [6.07, 6.45) is -3.52. The zero-order valence-corrected chi connectivity index (χ0v) is 12.8. The molecule has 0 bridgehead atoms. The van der Waals surface area contributed by atoms with Gasteiger partial charge in [0.25, 0.3) is 0 Å². The normalized spacial score (nSPS) is 14.3. The molecule has 1 aromatic carbocycles. The summed E-state index contributed by atoms with van der Waals surface area (Å²) in [6.45, 7) is 4.84. The number of alkyl halides is 3. The molecule has 22 heavy (non-hydrogen) atoms. The summed E-state index contributed by atoms with van der Waals surface area (Å²) in [5, 5.41) is 14.1. The molecule has 1 rings (SSSR count). The van der Waals surface area contributed by atoms with Crippen molar-refractivity contribution in [3.05, 3.63) is 29.3 Å². The van der Waals surface area contributed by atoms with Crippen molar-refractivity contribution in [2.75, 3.05) is 11.9 Å². The van der Waals surface area contributed by atoms with Gasteiger partial charge in [-0.2, -0.15) is 13.2 Å². The van der Waals surface area contributed by atoms with Gasteiger partial charge in [-0.3, -0.25) is 0 Å². The number of hydrogen-bond donors (Lipinski definition) is 3. The van der Waals surface area contributed by atoms with E-state index in [-0.39, 0.29) is 17.9 Å². The summed E-state index contributed by atoms with van der Waals surface area (Å²) in [5.41, 5.74) is -1.33. The lowest BCUT2D eigenvalue weighted by Gasteiger charge is -2.29. The predicted octanol–water partition coefficient (Wildman–Crippen LogP) is 3.69. The van der Waals surface area contributed by atoms with Crippen LogP contribution in [0.2, 0.25) is 0 Å². The van der Waals surface area contributed by atoms with Gasteiger partial charge in [-0.1, -0.05) is 13.0 Å². The van der Waals surface area contributed by atoms with Gasteiger partial charge in [-0.25, -0.2) is 4.79 Å². The smallest absolute Gasteiger partial charge is 0.396 e. The average Bonchev–Trinajstić information content (AvgIpc) is 2.40. The zero-order valence-electron chi connectivity index (χ0n) is 12.8. The number of carbonyl (C=O) groups excluding carboxylic acids is 1. The van der Waals surface area contributed by atoms with Crippen LogP contribution in [0.4, 0.5) is 23.7 Å². The number of amides is 2. The minimum absolute atomic E-state index is 0.0366. The Labute approximate surface area is 127 Å². The topological polar surface area (TPSA) is 61.4 Å². The second kappa shape index (κ2) is 7.00. The molecule has 0 heterocycles. The summed E-state index contributed by atoms with van der Waals surface area (Å²) in [7, 11) is 0. The number of hydrogen-bond acceptors (Lipinski definition) is 2. The summed E-state index contributed by atoms with van der Waals surface area (Å²) in [6, 6.07) is 3.04. The summed E-state index contributed by atoms with van der Waals surface area (Å²) >= 11 is 0. The van der Waals surface area contributed by atoms with Crippen molar-refractivity contribution < 1.29 is 23.1 Å². The molecule has 0 saturated heterocycles. The van der Waals surface area contributed by atoms with Crippen LogP contribution in [0, 0.1) is 6.92 Å². The molecule has 0 radical (unpaired) electrons. The lowest BCUT2D eigenvalue weighted by Crippen LogP contribution is -2.48. The maximum atomic E-state index is 12.8. The molecule has 0 spiro atoms. The van der Waals surface area contributed by atoms with Crippen molar-refractivity contribution in [1.82, 2.24) is 5.32 Å². The number of halogens is 3. The molecule has 0 aliphatic rings. The van der Waals surface area contributed by atoms with Crippen LogP contribution < -0.4 is 10.6 Å². The van der Waals surface area contributed by atoms with Gasteiger partial charge in [-0.05, 0) is 44.4 Å². The minimum atomic E-state index is -4.47. The highest BCUT2D eigenvalue weighted by Crippen LogP contribution is 2.34. The Morgan fingerprint density at radius 1 is 1.32 bits per heavy atom. The molecule has 3 N–H and O–H groups in total. The van der Waals surface area contributed by atoms with Crippen molar-refractivity contribution in [1.29, 1.82) is 0 Å². The Balaban J connectivity index is 2.90. The third-order valence-electron chi connectivity index (χ3n) is 3.75. The summed E-state index contributed by atoms with van der Waals surface area (Å²) < 4.78 is 38.5. The van der Waals surface area contributed by atoms with Gasteiger partial charge in [0.1, 0.15) is 0 Å². The number of rotatable bonds is 5. The molecule has 1 aromatic rings. The van der Waals surface area contributed by atoms with Crippen molar-refractivity contribution in [2.24, 2.45) is 0 Å². The van der Waals surface area contributed by atoms with Gasteiger partial charge in [-0.15, -0.1) is 0 Å². The Kier molecular flexibility index (Phi) is 5.82. The fraction of sp³-hybridized carbons (Fsp3) is 0.533. The highest BCUT2D eigenvalue weighted by atomic mass is 19.4. The third kappa shape index (κ3) is 4.62. The van der Waals surface area contributed by atoms with Crippen molar-refractivity contribution in [3.63, 3.8) is 0 Å². The predicted molar refractivity (Wildman–Crippen MR) is 78.7 cm³/mol. The van der Waals surface area contributed by atoms with Crippen LogP contribution in [0.3, 0.4) is 0 Å². The quantitative estimate of drug-likeness (QED) is 0.775. The van der Waals surface area contributed by atoms with Crippen LogP contribution in [0.5, 0.6) is 0 Å². The molecule has 124 valence electrons. The van der Waals surface area contributed by atoms with E-state index in [0.29, 0.717) is 12.8 Å². The van der Waals surface area contributed by atoms with Crippen LogP contribution in [0.25, 0.3) is 0 Å². The lowest BCUT2D eigenvalue weighted by molar-refractivity contribution is -0.138. The SMILES string of the molecule is CCC(C)(CCO)NC(=O)Nc1cccc(C(F)(F)F)c1C. The van der Waals surface area contributed by atoms with Crippen LogP contribution in [-0.4, -0.2) is 23.3 Å². The van der Waals surface area contributed by atoms with Gasteiger partial charge in [0.2, 0.25) is 0 Å². The first-order valence-electron chi connectivity index (χ1n) is 7.00. The Morgan fingerprint density at radius 2 is 1.95 bits per heavy atom. The van der Waals surface area contributed by atoms with Gasteiger partial charge in [0.15, 0.2) is 0 Å². The van der Waals surface area contributed by atoms with Gasteiger partial charge >= 0.3 is 12.2 Å². The molecule has 0 aromatic heterocycles. The van der Waals surface area contributed by atoms with E-state index in [1.54, 1.807) is 6.92 Å². The highest BCUT2D eigenvalue weighted by molar-refractivity contribution is 5.90. The molecule has 0 aliphatic heterocycles. The van der Waals surface area contributed by atoms with Gasteiger partial charge in [0, 0.05) is 17.8 Å². The number of aliphatic hydroxyl groups excluding tert-OH is 1. The first kappa shape index (κ1) is 18.3. The van der Waals surface area contributed by atoms with E-state index in [2.05, 4.69) is 10.6 Å². The maximum absolute atomic E-state index is 12.8. The lowest BCUT2D eigenvalue weighted by atomic mass is 9.95. The monoisotopic (exact) mass is 318 g/mol. The van der Waals surface area contributed by atoms with Crippen molar-refractivity contribution >= 4 is 11.7 Å². The average molecular weight is 318 g/mol. The van der Waals surface area contributed by atoms with E-state index in [9.17, 15) is 18.0 Å². The number of aliphatic hydroxyl groups is 1. The fourth-order valence-electron chi connectivity index (χ4n) is 2.08. The van der Waals surface area contributed by atoms with E-state index in [4.69, 9.17) is 5.11 Å². The Bertz CT molecular complexity index is 532. The largest absolute Gasteiger partial charge is 0.416 e. The number of anilines is 1. The molecule has 0 aliphatic carbocycles. The van der Waals surface area contributed by atoms with E-state index >= 15 is 0 Å². The summed E-state index contributed by atoms with van der Waals surface area (Å²) in [4.78, 5) is 12.0. The fourth-order valence-corrected chi connectivity index (χ4v) is 2.08. The van der Waals surface area contributed by atoms with E-state index in [1.807, 2.05) is 6.92 Å². The molecule has 0 fully saturated rings. The molecular weight excluding hydrogens is 297 g/mol. The molecular formula is C15H21F3N2O2. The second-order valence-corrected chi connectivity index (χ2v) is 5.44. The van der Waals surface area contributed by atoms with Crippen molar-refractivity contribution in [2.45, 2.75) is 45.3 Å². The number of urea groups is 1. The molecule has 1 unspecified atom stereocenters. The molecule has 4 nitrogen and oxygen atoms in total.